The van der Waals surface area contributed by atoms with Gasteiger partial charge in [-0.25, -0.2) is 0 Å². The summed E-state index contributed by atoms with van der Waals surface area (Å²) in [4.78, 5) is 37.2. The zero-order valence-electron chi connectivity index (χ0n) is 31.2. The SMILES string of the molecule is CCCCCCCCCCCCCCCCC(=O)OC[C@@H](COP(=O)([O-])OCC[N+](C)(C)C)OC(=O)CCCCCCCCCCC. The first kappa shape index (κ1) is 46.0. The van der Waals surface area contributed by atoms with Crippen LogP contribution in [-0.2, 0) is 32.7 Å². The molecule has 9 nitrogen and oxygen atoms in total. The van der Waals surface area contributed by atoms with Gasteiger partial charge in [0.1, 0.15) is 19.8 Å². The van der Waals surface area contributed by atoms with Crippen LogP contribution in [0.5, 0.6) is 0 Å². The molecular formula is C37H74NO8P. The number of hydrogen-bond donors (Lipinski definition) is 0. The smallest absolute Gasteiger partial charge is 0.306 e. The molecule has 0 saturated carbocycles. The zero-order chi connectivity index (χ0) is 35.1. The minimum Gasteiger partial charge on any atom is -0.756 e. The van der Waals surface area contributed by atoms with Crippen molar-refractivity contribution in [3.05, 3.63) is 0 Å². The molecule has 0 spiro atoms. The van der Waals surface area contributed by atoms with Gasteiger partial charge in [-0.05, 0) is 12.8 Å². The van der Waals surface area contributed by atoms with E-state index in [1.165, 1.54) is 103 Å². The van der Waals surface area contributed by atoms with E-state index >= 15 is 0 Å². The van der Waals surface area contributed by atoms with Gasteiger partial charge in [0.25, 0.3) is 7.82 Å². The molecule has 0 aliphatic rings. The molecule has 0 radical (unpaired) electrons. The topological polar surface area (TPSA) is 111 Å². The molecular weight excluding hydrogens is 617 g/mol. The minimum absolute atomic E-state index is 0.0263. The Kier molecular flexibility index (Phi) is 30.4. The van der Waals surface area contributed by atoms with Gasteiger partial charge in [-0.3, -0.25) is 14.2 Å². The Morgan fingerprint density at radius 1 is 0.574 bits per heavy atom. The highest BCUT2D eigenvalue weighted by Gasteiger charge is 2.21. The third kappa shape index (κ3) is 34.7. The highest BCUT2D eigenvalue weighted by atomic mass is 31.2. The maximum Gasteiger partial charge on any atom is 0.306 e. The fourth-order valence-electron chi connectivity index (χ4n) is 5.30. The molecule has 1 unspecified atom stereocenters. The second-order valence-corrected chi connectivity index (χ2v) is 15.7. The molecule has 0 aromatic rings. The highest BCUT2D eigenvalue weighted by Crippen LogP contribution is 2.38. The van der Waals surface area contributed by atoms with E-state index < -0.39 is 26.5 Å². The van der Waals surface area contributed by atoms with Crippen molar-refractivity contribution in [1.29, 1.82) is 0 Å². The summed E-state index contributed by atoms with van der Waals surface area (Å²) in [6.07, 6.45) is 27.0. The third-order valence-electron chi connectivity index (χ3n) is 8.38. The van der Waals surface area contributed by atoms with E-state index in [-0.39, 0.29) is 32.0 Å². The number of ether oxygens (including phenoxy) is 2. The lowest BCUT2D eigenvalue weighted by atomic mass is 10.0. The molecule has 0 bridgehead atoms. The van der Waals surface area contributed by atoms with Crippen molar-refractivity contribution in [2.75, 3.05) is 47.5 Å². The number of rotatable bonds is 35. The van der Waals surface area contributed by atoms with Gasteiger partial charge >= 0.3 is 11.9 Å². The fourth-order valence-corrected chi connectivity index (χ4v) is 6.03. The van der Waals surface area contributed by atoms with E-state index in [4.69, 9.17) is 18.5 Å². The summed E-state index contributed by atoms with van der Waals surface area (Å²) in [7, 11) is 1.18. The molecule has 0 aliphatic carbocycles. The lowest BCUT2D eigenvalue weighted by Crippen LogP contribution is -2.37. The predicted octanol–water partition coefficient (Wildman–Crippen LogP) is 9.44. The maximum absolute atomic E-state index is 12.5. The fraction of sp³-hybridized carbons (Fsp3) is 0.946. The summed E-state index contributed by atoms with van der Waals surface area (Å²) in [5.41, 5.74) is 0. The number of hydrogen-bond acceptors (Lipinski definition) is 8. The zero-order valence-corrected chi connectivity index (χ0v) is 32.1. The standard InChI is InChI=1S/C37H74NO8P/c1-6-8-10-12-14-16-17-18-19-20-22-23-25-27-29-36(39)43-33-35(34-45-47(41,42)44-32-31-38(3,4)5)46-37(40)30-28-26-24-21-15-13-11-9-7-2/h35H,6-34H2,1-5H3/t35-/m0/s1. The van der Waals surface area contributed by atoms with E-state index in [0.29, 0.717) is 17.4 Å². The van der Waals surface area contributed by atoms with Crippen molar-refractivity contribution < 1.29 is 42.1 Å². The molecule has 0 aliphatic heterocycles. The number of quaternary nitrogens is 1. The summed E-state index contributed by atoms with van der Waals surface area (Å²) in [5, 5.41) is 0. The molecule has 47 heavy (non-hydrogen) atoms. The molecule has 0 aromatic heterocycles. The minimum atomic E-state index is -4.60. The molecule has 0 saturated heterocycles. The number of phosphoric ester groups is 1. The number of likely N-dealkylation sites (N-methyl/N-ethyl adjacent to an activating group) is 1. The Morgan fingerprint density at radius 3 is 1.36 bits per heavy atom. The van der Waals surface area contributed by atoms with E-state index in [2.05, 4.69) is 13.8 Å². The Hall–Kier alpha value is -0.990. The van der Waals surface area contributed by atoms with Crippen LogP contribution in [0.1, 0.15) is 174 Å². The molecule has 0 N–H and O–H groups in total. The quantitative estimate of drug-likeness (QED) is 0.0280. The van der Waals surface area contributed by atoms with Crippen molar-refractivity contribution >= 4 is 19.8 Å². The number of carbonyl (C=O) groups is 2. The normalized spacial score (nSPS) is 13.7. The van der Waals surface area contributed by atoms with Crippen LogP contribution in [0.4, 0.5) is 0 Å². The van der Waals surface area contributed by atoms with Gasteiger partial charge in [-0.2, -0.15) is 0 Å². The summed E-state index contributed by atoms with van der Waals surface area (Å²) in [6.45, 7) is 4.21. The number of phosphoric acid groups is 1. The first-order valence-corrected chi connectivity index (χ1v) is 20.7. The lowest BCUT2D eigenvalue weighted by Gasteiger charge is -2.28. The summed E-state index contributed by atoms with van der Waals surface area (Å²) < 4.78 is 33.7. The van der Waals surface area contributed by atoms with E-state index in [9.17, 15) is 19.0 Å². The molecule has 0 amide bonds. The third-order valence-corrected chi connectivity index (χ3v) is 9.34. The van der Waals surface area contributed by atoms with E-state index in [0.717, 1.165) is 38.5 Å². The van der Waals surface area contributed by atoms with Crippen LogP contribution in [0, 0.1) is 0 Å². The van der Waals surface area contributed by atoms with E-state index in [1.807, 2.05) is 21.1 Å². The van der Waals surface area contributed by atoms with Crippen LogP contribution in [0.2, 0.25) is 0 Å². The largest absolute Gasteiger partial charge is 0.756 e. The van der Waals surface area contributed by atoms with Crippen molar-refractivity contribution in [3.8, 4) is 0 Å². The molecule has 0 heterocycles. The van der Waals surface area contributed by atoms with Gasteiger partial charge in [0.2, 0.25) is 0 Å². The average Bonchev–Trinajstić information content (AvgIpc) is 3.01. The Balaban J connectivity index is 4.37. The van der Waals surface area contributed by atoms with Gasteiger partial charge in [0, 0.05) is 12.8 Å². The van der Waals surface area contributed by atoms with Crippen LogP contribution in [-0.4, -0.2) is 70.0 Å². The summed E-state index contributed by atoms with van der Waals surface area (Å²) in [6, 6.07) is 0. The van der Waals surface area contributed by atoms with Gasteiger partial charge in [-0.1, -0.05) is 149 Å². The summed E-state index contributed by atoms with van der Waals surface area (Å²) in [5.74, 6) is -0.829. The molecule has 0 fully saturated rings. The lowest BCUT2D eigenvalue weighted by molar-refractivity contribution is -0.870. The molecule has 10 heteroatoms. The molecule has 0 rings (SSSR count). The maximum atomic E-state index is 12.5. The van der Waals surface area contributed by atoms with Crippen LogP contribution < -0.4 is 4.89 Å². The molecule has 280 valence electrons. The molecule has 2 atom stereocenters. The number of esters is 2. The van der Waals surface area contributed by atoms with Crippen molar-refractivity contribution in [3.63, 3.8) is 0 Å². The van der Waals surface area contributed by atoms with Gasteiger partial charge in [0.15, 0.2) is 6.10 Å². The second-order valence-electron chi connectivity index (χ2n) is 14.3. The summed E-state index contributed by atoms with van der Waals surface area (Å²) >= 11 is 0. The van der Waals surface area contributed by atoms with Crippen LogP contribution >= 0.6 is 7.82 Å². The Morgan fingerprint density at radius 2 is 0.957 bits per heavy atom. The number of carbonyl (C=O) groups excluding carboxylic acids is 2. The van der Waals surface area contributed by atoms with Crippen LogP contribution in [0.25, 0.3) is 0 Å². The Labute approximate surface area is 289 Å². The average molecular weight is 692 g/mol. The Bertz CT molecular complexity index is 789. The van der Waals surface area contributed by atoms with Crippen molar-refractivity contribution in [1.82, 2.24) is 0 Å². The second kappa shape index (κ2) is 31.0. The van der Waals surface area contributed by atoms with Gasteiger partial charge < -0.3 is 27.9 Å². The first-order chi connectivity index (χ1) is 22.5. The van der Waals surface area contributed by atoms with Crippen molar-refractivity contribution in [2.45, 2.75) is 180 Å². The number of unbranched alkanes of at least 4 members (excludes halogenated alkanes) is 21. The highest BCUT2D eigenvalue weighted by molar-refractivity contribution is 7.45. The first-order valence-electron chi connectivity index (χ1n) is 19.2. The number of nitrogens with zero attached hydrogens (tertiary/aromatic N) is 1. The van der Waals surface area contributed by atoms with Crippen LogP contribution in [0.3, 0.4) is 0 Å². The molecule has 0 aromatic carbocycles. The van der Waals surface area contributed by atoms with Gasteiger partial charge in [-0.15, -0.1) is 0 Å². The van der Waals surface area contributed by atoms with Crippen molar-refractivity contribution in [2.24, 2.45) is 0 Å². The van der Waals surface area contributed by atoms with Crippen LogP contribution in [0.15, 0.2) is 0 Å². The van der Waals surface area contributed by atoms with E-state index in [1.54, 1.807) is 0 Å². The predicted molar refractivity (Wildman–Crippen MR) is 190 cm³/mol. The van der Waals surface area contributed by atoms with Gasteiger partial charge in [0.05, 0.1) is 27.7 Å². The monoisotopic (exact) mass is 692 g/mol.